The van der Waals surface area contributed by atoms with E-state index in [1.54, 1.807) is 6.21 Å². The quantitative estimate of drug-likeness (QED) is 0.466. The van der Waals surface area contributed by atoms with Gasteiger partial charge < -0.3 is 4.74 Å². The van der Waals surface area contributed by atoms with Crippen LogP contribution in [-0.4, -0.2) is 22.2 Å². The van der Waals surface area contributed by atoms with Crippen LogP contribution >= 0.6 is 15.9 Å². The van der Waals surface area contributed by atoms with Crippen LogP contribution in [0.2, 0.25) is 0 Å². The van der Waals surface area contributed by atoms with Crippen molar-refractivity contribution in [1.82, 2.24) is 4.98 Å². The maximum atomic E-state index is 10.9. The number of nitro groups is 1. The summed E-state index contributed by atoms with van der Waals surface area (Å²) in [5.74, 6) is 0.832. The second-order valence-electron chi connectivity index (χ2n) is 4.85. The van der Waals surface area contributed by atoms with Crippen molar-refractivity contribution in [2.75, 3.05) is 5.43 Å². The number of aromatic nitrogens is 1. The first-order valence-corrected chi connectivity index (χ1v) is 7.61. The summed E-state index contributed by atoms with van der Waals surface area (Å²) in [4.78, 5) is 14.3. The van der Waals surface area contributed by atoms with Crippen molar-refractivity contribution >= 4 is 33.6 Å². The molecule has 120 valence electrons. The Labute approximate surface area is 141 Å². The van der Waals surface area contributed by atoms with E-state index >= 15 is 0 Å². The summed E-state index contributed by atoms with van der Waals surface area (Å²) in [6.45, 7) is 3.90. The van der Waals surface area contributed by atoms with Crippen molar-refractivity contribution in [2.24, 2.45) is 5.10 Å². The lowest BCUT2D eigenvalue weighted by molar-refractivity contribution is -0.384. The fourth-order valence-electron chi connectivity index (χ4n) is 1.75. The maximum Gasteiger partial charge on any atom is 0.313 e. The summed E-state index contributed by atoms with van der Waals surface area (Å²) in [5, 5.41) is 14.9. The summed E-state index contributed by atoms with van der Waals surface area (Å²) >= 11 is 3.43. The van der Waals surface area contributed by atoms with Crippen LogP contribution in [0.1, 0.15) is 19.4 Å². The number of hydrogen-bond acceptors (Lipinski definition) is 6. The molecule has 8 heteroatoms. The summed E-state index contributed by atoms with van der Waals surface area (Å²) < 4.78 is 6.43. The normalized spacial score (nSPS) is 11.0. The van der Waals surface area contributed by atoms with Gasteiger partial charge in [-0.25, -0.2) is 4.98 Å². The largest absolute Gasteiger partial charge is 0.490 e. The first kappa shape index (κ1) is 16.9. The van der Waals surface area contributed by atoms with E-state index in [1.165, 1.54) is 18.3 Å². The lowest BCUT2D eigenvalue weighted by atomic mass is 10.2. The van der Waals surface area contributed by atoms with Gasteiger partial charge in [0.2, 0.25) is 5.82 Å². The number of nitrogens with one attached hydrogen (secondary N) is 1. The number of nitrogens with zero attached hydrogens (tertiary/aromatic N) is 3. The standard InChI is InChI=1S/C15H15BrN4O3/c1-10(2)23-14-6-5-11(8-12(14)16)9-18-19-15-13(20(21)22)4-3-7-17-15/h3-10H,1-2H3,(H,17,19)/b18-9-. The molecular weight excluding hydrogens is 364 g/mol. The number of hydrogen-bond donors (Lipinski definition) is 1. The third-order valence-electron chi connectivity index (χ3n) is 2.69. The van der Waals surface area contributed by atoms with E-state index in [9.17, 15) is 10.1 Å². The fraction of sp³-hybridized carbons (Fsp3) is 0.200. The molecule has 0 aliphatic heterocycles. The van der Waals surface area contributed by atoms with Crippen molar-refractivity contribution < 1.29 is 9.66 Å². The third kappa shape index (κ3) is 4.75. The molecule has 1 aromatic carbocycles. The number of hydrazone groups is 1. The van der Waals surface area contributed by atoms with Gasteiger partial charge in [0.15, 0.2) is 0 Å². The van der Waals surface area contributed by atoms with Crippen LogP contribution in [0.25, 0.3) is 0 Å². The number of ether oxygens (including phenoxy) is 1. The molecule has 0 fully saturated rings. The van der Waals surface area contributed by atoms with Gasteiger partial charge in [0.05, 0.1) is 21.7 Å². The van der Waals surface area contributed by atoms with Gasteiger partial charge >= 0.3 is 5.69 Å². The Morgan fingerprint density at radius 2 is 2.22 bits per heavy atom. The Balaban J connectivity index is 2.10. The van der Waals surface area contributed by atoms with E-state index in [4.69, 9.17) is 4.74 Å². The Bertz CT molecular complexity index is 734. The van der Waals surface area contributed by atoms with Crippen molar-refractivity contribution in [3.63, 3.8) is 0 Å². The predicted octanol–water partition coefficient (Wildman–Crippen LogP) is 3.99. The van der Waals surface area contributed by atoms with E-state index < -0.39 is 4.92 Å². The number of halogens is 1. The van der Waals surface area contributed by atoms with Gasteiger partial charge in [0.1, 0.15) is 5.75 Å². The minimum atomic E-state index is -0.514. The van der Waals surface area contributed by atoms with Crippen molar-refractivity contribution in [3.8, 4) is 5.75 Å². The highest BCUT2D eigenvalue weighted by Gasteiger charge is 2.12. The zero-order valence-corrected chi connectivity index (χ0v) is 14.1. The highest BCUT2D eigenvalue weighted by atomic mass is 79.9. The molecule has 1 heterocycles. The maximum absolute atomic E-state index is 10.9. The lowest BCUT2D eigenvalue weighted by Gasteiger charge is -2.11. The molecule has 0 unspecified atom stereocenters. The summed E-state index contributed by atoms with van der Waals surface area (Å²) in [6, 6.07) is 8.36. The monoisotopic (exact) mass is 378 g/mol. The van der Waals surface area contributed by atoms with E-state index in [0.29, 0.717) is 0 Å². The molecule has 2 rings (SSSR count). The Kier molecular flexibility index (Phi) is 5.64. The van der Waals surface area contributed by atoms with Crippen LogP contribution < -0.4 is 10.2 Å². The van der Waals surface area contributed by atoms with Gasteiger partial charge in [0, 0.05) is 12.3 Å². The number of benzene rings is 1. The molecule has 23 heavy (non-hydrogen) atoms. The minimum Gasteiger partial charge on any atom is -0.490 e. The molecule has 2 aromatic rings. The zero-order valence-electron chi connectivity index (χ0n) is 12.6. The molecule has 0 atom stereocenters. The highest BCUT2D eigenvalue weighted by Crippen LogP contribution is 2.26. The lowest BCUT2D eigenvalue weighted by Crippen LogP contribution is -2.06. The Hall–Kier alpha value is -2.48. The molecule has 7 nitrogen and oxygen atoms in total. The molecule has 0 radical (unpaired) electrons. The van der Waals surface area contributed by atoms with Crippen LogP contribution in [0.15, 0.2) is 46.1 Å². The van der Waals surface area contributed by atoms with E-state index in [-0.39, 0.29) is 17.6 Å². The van der Waals surface area contributed by atoms with Gasteiger partial charge in [-0.1, -0.05) is 0 Å². The van der Waals surface area contributed by atoms with Gasteiger partial charge in [0.25, 0.3) is 0 Å². The summed E-state index contributed by atoms with van der Waals surface area (Å²) in [6.07, 6.45) is 3.08. The Morgan fingerprint density at radius 3 is 2.87 bits per heavy atom. The van der Waals surface area contributed by atoms with Gasteiger partial charge in [-0.3, -0.25) is 15.5 Å². The average molecular weight is 379 g/mol. The van der Waals surface area contributed by atoms with Crippen molar-refractivity contribution in [2.45, 2.75) is 20.0 Å². The van der Waals surface area contributed by atoms with Gasteiger partial charge in [-0.2, -0.15) is 5.10 Å². The van der Waals surface area contributed by atoms with Crippen LogP contribution in [0, 0.1) is 10.1 Å². The van der Waals surface area contributed by atoms with E-state index in [1.807, 2.05) is 32.0 Å². The first-order valence-electron chi connectivity index (χ1n) is 6.82. The molecule has 0 saturated heterocycles. The van der Waals surface area contributed by atoms with Crippen LogP contribution in [0.5, 0.6) is 5.75 Å². The highest BCUT2D eigenvalue weighted by molar-refractivity contribution is 9.10. The molecule has 0 bridgehead atoms. The predicted molar refractivity (Wildman–Crippen MR) is 92.0 cm³/mol. The first-order chi connectivity index (χ1) is 11.0. The molecule has 0 saturated carbocycles. The van der Waals surface area contributed by atoms with Crippen LogP contribution in [0.3, 0.4) is 0 Å². The fourth-order valence-corrected chi connectivity index (χ4v) is 2.24. The number of rotatable bonds is 6. The molecule has 1 aromatic heterocycles. The average Bonchev–Trinajstić information content (AvgIpc) is 2.50. The van der Waals surface area contributed by atoms with Crippen molar-refractivity contribution in [3.05, 3.63) is 56.7 Å². The van der Waals surface area contributed by atoms with Crippen LogP contribution in [-0.2, 0) is 0 Å². The molecule has 1 N–H and O–H groups in total. The zero-order chi connectivity index (χ0) is 16.8. The SMILES string of the molecule is CC(C)Oc1ccc(/C=N\Nc2ncccc2[N+](=O)[O-])cc1Br. The molecule has 0 spiro atoms. The molecular formula is C15H15BrN4O3. The smallest absolute Gasteiger partial charge is 0.313 e. The van der Waals surface area contributed by atoms with E-state index in [2.05, 4.69) is 31.4 Å². The topological polar surface area (TPSA) is 89.7 Å². The number of anilines is 1. The van der Waals surface area contributed by atoms with E-state index in [0.717, 1.165) is 15.8 Å². The molecule has 0 amide bonds. The summed E-state index contributed by atoms with van der Waals surface area (Å²) in [7, 11) is 0. The minimum absolute atomic E-state index is 0.0807. The molecule has 0 aliphatic carbocycles. The number of pyridine rings is 1. The van der Waals surface area contributed by atoms with Gasteiger partial charge in [-0.15, -0.1) is 0 Å². The van der Waals surface area contributed by atoms with Crippen molar-refractivity contribution in [1.29, 1.82) is 0 Å². The molecule has 0 aliphatic rings. The second kappa shape index (κ2) is 7.68. The second-order valence-corrected chi connectivity index (χ2v) is 5.71. The third-order valence-corrected chi connectivity index (χ3v) is 3.31. The van der Waals surface area contributed by atoms with Crippen LogP contribution in [0.4, 0.5) is 11.5 Å². The Morgan fingerprint density at radius 1 is 1.43 bits per heavy atom. The van der Waals surface area contributed by atoms with Gasteiger partial charge in [-0.05, 0) is 59.6 Å². The summed E-state index contributed by atoms with van der Waals surface area (Å²) in [5.41, 5.74) is 3.25.